The van der Waals surface area contributed by atoms with Gasteiger partial charge in [0.25, 0.3) is 5.91 Å². The summed E-state index contributed by atoms with van der Waals surface area (Å²) in [4.78, 5) is 18.3. The molecule has 0 spiro atoms. The molecule has 1 atom stereocenters. The first-order chi connectivity index (χ1) is 9.25. The highest BCUT2D eigenvalue weighted by Crippen LogP contribution is 2.33. The summed E-state index contributed by atoms with van der Waals surface area (Å²) < 4.78 is 5.74. The van der Waals surface area contributed by atoms with E-state index in [4.69, 9.17) is 4.74 Å². The number of anilines is 1. The van der Waals surface area contributed by atoms with Crippen LogP contribution >= 0.6 is 0 Å². The van der Waals surface area contributed by atoms with Crippen LogP contribution in [0.1, 0.15) is 17.3 Å². The molecule has 4 heteroatoms. The Morgan fingerprint density at radius 2 is 2.16 bits per heavy atom. The van der Waals surface area contributed by atoms with Gasteiger partial charge in [-0.1, -0.05) is 12.1 Å². The zero-order chi connectivity index (χ0) is 13.2. The highest BCUT2D eigenvalue weighted by Gasteiger charge is 2.27. The fraction of sp³-hybridized carbons (Fsp3) is 0.200. The standard InChI is InChI=1S/C15H14N2O2/c1-11-10-17(13-6-2-3-7-14(13)19-11)15(18)12-5-4-8-16-9-12/h2-9,11H,10H2,1H3. The van der Waals surface area contributed by atoms with E-state index >= 15 is 0 Å². The molecule has 0 fully saturated rings. The number of rotatable bonds is 1. The van der Waals surface area contributed by atoms with Gasteiger partial charge in [-0.25, -0.2) is 0 Å². The number of carbonyl (C=O) groups excluding carboxylic acids is 1. The first kappa shape index (κ1) is 11.7. The third-order valence-electron chi connectivity index (χ3n) is 3.08. The second-order valence-electron chi connectivity index (χ2n) is 4.55. The van der Waals surface area contributed by atoms with Crippen molar-refractivity contribution in [3.8, 4) is 5.75 Å². The van der Waals surface area contributed by atoms with Gasteiger partial charge < -0.3 is 9.64 Å². The molecule has 1 aliphatic rings. The lowest BCUT2D eigenvalue weighted by atomic mass is 10.1. The van der Waals surface area contributed by atoms with Gasteiger partial charge in [-0.2, -0.15) is 0 Å². The summed E-state index contributed by atoms with van der Waals surface area (Å²) in [5.41, 5.74) is 1.40. The number of para-hydroxylation sites is 2. The van der Waals surface area contributed by atoms with Gasteiger partial charge >= 0.3 is 0 Å². The number of fused-ring (bicyclic) bond motifs is 1. The zero-order valence-corrected chi connectivity index (χ0v) is 10.6. The van der Waals surface area contributed by atoms with Crippen molar-refractivity contribution in [2.24, 2.45) is 0 Å². The maximum absolute atomic E-state index is 12.5. The molecule has 2 aromatic rings. The zero-order valence-electron chi connectivity index (χ0n) is 10.6. The summed E-state index contributed by atoms with van der Waals surface area (Å²) in [6, 6.07) is 11.1. The second kappa shape index (κ2) is 4.72. The SMILES string of the molecule is CC1CN(C(=O)c2cccnc2)c2ccccc2O1. The normalized spacial score (nSPS) is 17.5. The number of ether oxygens (including phenoxy) is 1. The topological polar surface area (TPSA) is 42.4 Å². The minimum atomic E-state index is -0.0456. The second-order valence-corrected chi connectivity index (χ2v) is 4.55. The van der Waals surface area contributed by atoms with Crippen molar-refractivity contribution >= 4 is 11.6 Å². The molecule has 1 aromatic carbocycles. The third-order valence-corrected chi connectivity index (χ3v) is 3.08. The van der Waals surface area contributed by atoms with E-state index in [0.29, 0.717) is 12.1 Å². The molecule has 1 aliphatic heterocycles. The summed E-state index contributed by atoms with van der Waals surface area (Å²) in [6.07, 6.45) is 3.23. The fourth-order valence-corrected chi connectivity index (χ4v) is 2.23. The predicted octanol–water partition coefficient (Wildman–Crippen LogP) is 2.51. The van der Waals surface area contributed by atoms with Gasteiger partial charge in [-0.05, 0) is 31.2 Å². The maximum Gasteiger partial charge on any atom is 0.260 e. The van der Waals surface area contributed by atoms with Crippen molar-refractivity contribution in [2.75, 3.05) is 11.4 Å². The Bertz CT molecular complexity index is 598. The van der Waals surface area contributed by atoms with Crippen LogP contribution in [0.25, 0.3) is 0 Å². The van der Waals surface area contributed by atoms with Gasteiger partial charge in [0.2, 0.25) is 0 Å². The molecule has 0 saturated heterocycles. The Morgan fingerprint density at radius 3 is 2.95 bits per heavy atom. The molecule has 0 bridgehead atoms. The van der Waals surface area contributed by atoms with Gasteiger partial charge in [-0.3, -0.25) is 9.78 Å². The molecule has 1 aromatic heterocycles. The molecular formula is C15H14N2O2. The monoisotopic (exact) mass is 254 g/mol. The predicted molar refractivity (Wildman–Crippen MR) is 72.4 cm³/mol. The number of aromatic nitrogens is 1. The van der Waals surface area contributed by atoms with Gasteiger partial charge in [-0.15, -0.1) is 0 Å². The molecular weight excluding hydrogens is 240 g/mol. The van der Waals surface area contributed by atoms with Crippen molar-refractivity contribution in [3.63, 3.8) is 0 Å². The summed E-state index contributed by atoms with van der Waals surface area (Å²) in [5, 5.41) is 0. The minimum absolute atomic E-state index is 0.0180. The Balaban J connectivity index is 1.99. The summed E-state index contributed by atoms with van der Waals surface area (Å²) in [7, 11) is 0. The Labute approximate surface area is 111 Å². The van der Waals surface area contributed by atoms with E-state index in [0.717, 1.165) is 11.4 Å². The Morgan fingerprint density at radius 1 is 1.32 bits per heavy atom. The van der Waals surface area contributed by atoms with Crippen molar-refractivity contribution in [1.29, 1.82) is 0 Å². The van der Waals surface area contributed by atoms with E-state index < -0.39 is 0 Å². The lowest BCUT2D eigenvalue weighted by molar-refractivity contribution is 0.0961. The van der Waals surface area contributed by atoms with E-state index in [9.17, 15) is 4.79 Å². The largest absolute Gasteiger partial charge is 0.487 e. The van der Waals surface area contributed by atoms with Crippen LogP contribution in [-0.4, -0.2) is 23.5 Å². The molecule has 0 saturated carbocycles. The number of benzene rings is 1. The first-order valence-corrected chi connectivity index (χ1v) is 6.23. The van der Waals surface area contributed by atoms with Gasteiger partial charge in [0.15, 0.2) is 0 Å². The van der Waals surface area contributed by atoms with E-state index in [1.54, 1.807) is 29.4 Å². The van der Waals surface area contributed by atoms with Gasteiger partial charge in [0.1, 0.15) is 11.9 Å². The maximum atomic E-state index is 12.5. The molecule has 2 heterocycles. The van der Waals surface area contributed by atoms with Crippen molar-refractivity contribution < 1.29 is 9.53 Å². The number of carbonyl (C=O) groups is 1. The molecule has 3 rings (SSSR count). The third kappa shape index (κ3) is 2.17. The van der Waals surface area contributed by atoms with E-state index in [1.165, 1.54) is 0 Å². The fourth-order valence-electron chi connectivity index (χ4n) is 2.23. The summed E-state index contributed by atoms with van der Waals surface area (Å²) in [5.74, 6) is 0.703. The molecule has 96 valence electrons. The van der Waals surface area contributed by atoms with Crippen LogP contribution in [0.15, 0.2) is 48.8 Å². The van der Waals surface area contributed by atoms with Gasteiger partial charge in [0.05, 0.1) is 17.8 Å². The van der Waals surface area contributed by atoms with Crippen molar-refractivity contribution in [2.45, 2.75) is 13.0 Å². The molecule has 0 radical (unpaired) electrons. The van der Waals surface area contributed by atoms with E-state index in [-0.39, 0.29) is 12.0 Å². The molecule has 1 unspecified atom stereocenters. The smallest absolute Gasteiger partial charge is 0.260 e. The highest BCUT2D eigenvalue weighted by atomic mass is 16.5. The summed E-state index contributed by atoms with van der Waals surface area (Å²) in [6.45, 7) is 2.50. The van der Waals surface area contributed by atoms with Gasteiger partial charge in [0, 0.05) is 12.4 Å². The number of hydrogen-bond donors (Lipinski definition) is 0. The highest BCUT2D eigenvalue weighted by molar-refractivity contribution is 6.06. The van der Waals surface area contributed by atoms with Crippen LogP contribution in [0.4, 0.5) is 5.69 Å². The van der Waals surface area contributed by atoms with E-state index in [1.807, 2.05) is 31.2 Å². The van der Waals surface area contributed by atoms with E-state index in [2.05, 4.69) is 4.98 Å². The summed E-state index contributed by atoms with van der Waals surface area (Å²) >= 11 is 0. The van der Waals surface area contributed by atoms with Crippen LogP contribution in [0.3, 0.4) is 0 Å². The Kier molecular flexibility index (Phi) is 2.91. The Hall–Kier alpha value is -2.36. The van der Waals surface area contributed by atoms with Crippen LogP contribution in [0, 0.1) is 0 Å². The average Bonchev–Trinajstić information content (AvgIpc) is 2.46. The van der Waals surface area contributed by atoms with Crippen LogP contribution in [-0.2, 0) is 0 Å². The van der Waals surface area contributed by atoms with Crippen LogP contribution in [0.5, 0.6) is 5.75 Å². The quantitative estimate of drug-likeness (QED) is 0.785. The lowest BCUT2D eigenvalue weighted by Gasteiger charge is -2.33. The average molecular weight is 254 g/mol. The molecule has 0 N–H and O–H groups in total. The van der Waals surface area contributed by atoms with Crippen LogP contribution < -0.4 is 9.64 Å². The van der Waals surface area contributed by atoms with Crippen molar-refractivity contribution in [1.82, 2.24) is 4.98 Å². The number of hydrogen-bond acceptors (Lipinski definition) is 3. The van der Waals surface area contributed by atoms with Crippen LogP contribution in [0.2, 0.25) is 0 Å². The molecule has 19 heavy (non-hydrogen) atoms. The number of pyridine rings is 1. The number of nitrogens with zero attached hydrogens (tertiary/aromatic N) is 2. The lowest BCUT2D eigenvalue weighted by Crippen LogP contribution is -2.42. The molecule has 4 nitrogen and oxygen atoms in total. The molecule has 0 aliphatic carbocycles. The minimum Gasteiger partial charge on any atom is -0.487 e. The first-order valence-electron chi connectivity index (χ1n) is 6.23. The number of amides is 1. The van der Waals surface area contributed by atoms with Crippen molar-refractivity contribution in [3.05, 3.63) is 54.4 Å². The molecule has 1 amide bonds.